The summed E-state index contributed by atoms with van der Waals surface area (Å²) in [6.45, 7) is 3.46. The molecule has 2 amide bonds. The Morgan fingerprint density at radius 3 is 2.76 bits per heavy atom. The van der Waals surface area contributed by atoms with Gasteiger partial charge in [0.15, 0.2) is 0 Å². The van der Waals surface area contributed by atoms with E-state index in [1.807, 2.05) is 0 Å². The Morgan fingerprint density at radius 1 is 1.47 bits per heavy atom. The van der Waals surface area contributed by atoms with E-state index in [4.69, 9.17) is 5.11 Å². The highest BCUT2D eigenvalue weighted by molar-refractivity contribution is 5.75. The number of hydrogen-bond donors (Lipinski definition) is 2. The largest absolute Gasteiger partial charge is 0.481 e. The fourth-order valence-corrected chi connectivity index (χ4v) is 2.44. The van der Waals surface area contributed by atoms with Crippen LogP contribution < -0.4 is 5.32 Å². The Labute approximate surface area is 101 Å². The number of carbonyl (C=O) groups excluding carboxylic acids is 1. The lowest BCUT2D eigenvalue weighted by molar-refractivity contribution is -0.138. The molecule has 17 heavy (non-hydrogen) atoms. The number of carboxylic acids is 1. The standard InChI is InChI=1S/C12H20N2O3/c1-8-5-10(8)13-12(17)14-4-2-3-9(7-14)6-11(15)16/h8-10H,2-7H2,1H3,(H,13,17)(H,15,16). The Morgan fingerprint density at radius 2 is 2.18 bits per heavy atom. The van der Waals surface area contributed by atoms with E-state index in [9.17, 15) is 9.59 Å². The van der Waals surface area contributed by atoms with Crippen LogP contribution in [0.5, 0.6) is 0 Å². The second-order valence-corrected chi connectivity index (χ2v) is 5.32. The van der Waals surface area contributed by atoms with Crippen molar-refractivity contribution in [1.29, 1.82) is 0 Å². The highest BCUT2D eigenvalue weighted by Gasteiger charge is 2.35. The maximum Gasteiger partial charge on any atom is 0.317 e. The highest BCUT2D eigenvalue weighted by atomic mass is 16.4. The zero-order valence-corrected chi connectivity index (χ0v) is 10.2. The van der Waals surface area contributed by atoms with Gasteiger partial charge in [-0.1, -0.05) is 6.92 Å². The summed E-state index contributed by atoms with van der Waals surface area (Å²) in [7, 11) is 0. The molecule has 1 aliphatic carbocycles. The predicted molar refractivity (Wildman–Crippen MR) is 62.7 cm³/mol. The molecule has 5 nitrogen and oxygen atoms in total. The summed E-state index contributed by atoms with van der Waals surface area (Å²) in [6, 6.07) is 0.316. The molecule has 1 heterocycles. The predicted octanol–water partition coefficient (Wildman–Crippen LogP) is 1.29. The van der Waals surface area contributed by atoms with Crippen molar-refractivity contribution in [3.63, 3.8) is 0 Å². The van der Waals surface area contributed by atoms with Gasteiger partial charge in [0.05, 0.1) is 0 Å². The number of carboxylic acid groups (broad SMARTS) is 1. The summed E-state index contributed by atoms with van der Waals surface area (Å²) >= 11 is 0. The maximum atomic E-state index is 11.9. The molecule has 3 atom stereocenters. The van der Waals surface area contributed by atoms with Crippen molar-refractivity contribution >= 4 is 12.0 Å². The van der Waals surface area contributed by atoms with E-state index in [0.717, 1.165) is 25.8 Å². The van der Waals surface area contributed by atoms with Gasteiger partial charge in [-0.3, -0.25) is 4.79 Å². The molecule has 2 aliphatic rings. The van der Waals surface area contributed by atoms with Gasteiger partial charge in [-0.15, -0.1) is 0 Å². The third kappa shape index (κ3) is 3.35. The molecule has 0 spiro atoms. The minimum absolute atomic E-state index is 0.0190. The fourth-order valence-electron chi connectivity index (χ4n) is 2.44. The number of likely N-dealkylation sites (tertiary alicyclic amines) is 1. The summed E-state index contributed by atoms with van der Waals surface area (Å²) in [5.74, 6) is -0.0599. The summed E-state index contributed by atoms with van der Waals surface area (Å²) in [5, 5.41) is 11.7. The van der Waals surface area contributed by atoms with Crippen molar-refractivity contribution in [3.8, 4) is 0 Å². The average Bonchev–Trinajstić information content (AvgIpc) is 2.93. The number of amides is 2. The van der Waals surface area contributed by atoms with E-state index in [0.29, 0.717) is 18.5 Å². The molecule has 0 aromatic carbocycles. The lowest BCUT2D eigenvalue weighted by Gasteiger charge is -2.32. The third-order valence-corrected chi connectivity index (χ3v) is 3.69. The van der Waals surface area contributed by atoms with Gasteiger partial charge >= 0.3 is 12.0 Å². The van der Waals surface area contributed by atoms with Gasteiger partial charge in [0, 0.05) is 25.6 Å². The topological polar surface area (TPSA) is 69.6 Å². The second kappa shape index (κ2) is 4.94. The summed E-state index contributed by atoms with van der Waals surface area (Å²) in [6.07, 6.45) is 3.06. The molecule has 2 fully saturated rings. The van der Waals surface area contributed by atoms with Gasteiger partial charge in [-0.05, 0) is 31.1 Å². The van der Waals surface area contributed by atoms with Crippen LogP contribution in [0.15, 0.2) is 0 Å². The average molecular weight is 240 g/mol. The van der Waals surface area contributed by atoms with Crippen molar-refractivity contribution in [2.45, 2.75) is 38.6 Å². The zero-order chi connectivity index (χ0) is 12.4. The van der Waals surface area contributed by atoms with E-state index in [2.05, 4.69) is 12.2 Å². The second-order valence-electron chi connectivity index (χ2n) is 5.32. The lowest BCUT2D eigenvalue weighted by atomic mass is 9.95. The van der Waals surface area contributed by atoms with Crippen LogP contribution in [0.25, 0.3) is 0 Å². The normalized spacial score (nSPS) is 32.1. The molecule has 0 aromatic heterocycles. The van der Waals surface area contributed by atoms with Crippen LogP contribution in [0.2, 0.25) is 0 Å². The molecule has 1 saturated heterocycles. The molecule has 0 bridgehead atoms. The van der Waals surface area contributed by atoms with Crippen LogP contribution in [0.1, 0.15) is 32.6 Å². The third-order valence-electron chi connectivity index (χ3n) is 3.69. The van der Waals surface area contributed by atoms with Crippen molar-refractivity contribution in [2.24, 2.45) is 11.8 Å². The molecule has 0 aromatic rings. The lowest BCUT2D eigenvalue weighted by Crippen LogP contribution is -2.46. The molecule has 1 aliphatic heterocycles. The van der Waals surface area contributed by atoms with Crippen molar-refractivity contribution < 1.29 is 14.7 Å². The number of piperidine rings is 1. The quantitative estimate of drug-likeness (QED) is 0.781. The summed E-state index contributed by atoms with van der Waals surface area (Å²) < 4.78 is 0. The monoisotopic (exact) mass is 240 g/mol. The molecule has 1 saturated carbocycles. The number of nitrogens with one attached hydrogen (secondary N) is 1. The minimum atomic E-state index is -0.770. The Kier molecular flexibility index (Phi) is 3.54. The number of nitrogens with zero attached hydrogens (tertiary/aromatic N) is 1. The molecule has 2 N–H and O–H groups in total. The Bertz CT molecular complexity index is 319. The van der Waals surface area contributed by atoms with Gasteiger partial charge in [0.2, 0.25) is 0 Å². The van der Waals surface area contributed by atoms with Gasteiger partial charge in [0.25, 0.3) is 0 Å². The summed E-state index contributed by atoms with van der Waals surface area (Å²) in [4.78, 5) is 24.3. The van der Waals surface area contributed by atoms with E-state index < -0.39 is 5.97 Å². The first-order chi connectivity index (χ1) is 8.06. The maximum absolute atomic E-state index is 11.9. The molecular weight excluding hydrogens is 220 g/mol. The van der Waals surface area contributed by atoms with Crippen molar-refractivity contribution in [1.82, 2.24) is 10.2 Å². The molecule has 5 heteroatoms. The van der Waals surface area contributed by atoms with Crippen LogP contribution >= 0.6 is 0 Å². The summed E-state index contributed by atoms with van der Waals surface area (Å²) in [5.41, 5.74) is 0. The molecular formula is C12H20N2O3. The number of hydrogen-bond acceptors (Lipinski definition) is 2. The van der Waals surface area contributed by atoms with Crippen LogP contribution in [0.3, 0.4) is 0 Å². The molecule has 0 radical (unpaired) electrons. The minimum Gasteiger partial charge on any atom is -0.481 e. The van der Waals surface area contributed by atoms with Gasteiger partial charge in [-0.2, -0.15) is 0 Å². The smallest absolute Gasteiger partial charge is 0.317 e. The number of carbonyl (C=O) groups is 2. The molecule has 3 unspecified atom stereocenters. The van der Waals surface area contributed by atoms with Crippen LogP contribution in [0, 0.1) is 11.8 Å². The molecule has 96 valence electrons. The van der Waals surface area contributed by atoms with E-state index in [1.54, 1.807) is 4.90 Å². The highest BCUT2D eigenvalue weighted by Crippen LogP contribution is 2.29. The zero-order valence-electron chi connectivity index (χ0n) is 10.2. The van der Waals surface area contributed by atoms with Gasteiger partial charge in [0.1, 0.15) is 0 Å². The number of aliphatic carboxylic acids is 1. The Balaban J connectivity index is 1.79. The first-order valence-corrected chi connectivity index (χ1v) is 6.33. The number of rotatable bonds is 3. The van der Waals surface area contributed by atoms with Crippen LogP contribution in [-0.2, 0) is 4.79 Å². The SMILES string of the molecule is CC1CC1NC(=O)N1CCCC(CC(=O)O)C1. The van der Waals surface area contributed by atoms with E-state index in [1.165, 1.54) is 0 Å². The van der Waals surface area contributed by atoms with E-state index >= 15 is 0 Å². The van der Waals surface area contributed by atoms with E-state index in [-0.39, 0.29) is 18.4 Å². The first kappa shape index (κ1) is 12.2. The van der Waals surface area contributed by atoms with Crippen molar-refractivity contribution in [3.05, 3.63) is 0 Å². The number of urea groups is 1. The molecule has 2 rings (SSSR count). The van der Waals surface area contributed by atoms with Gasteiger partial charge < -0.3 is 15.3 Å². The van der Waals surface area contributed by atoms with Crippen LogP contribution in [-0.4, -0.2) is 41.1 Å². The fraction of sp³-hybridized carbons (Fsp3) is 0.833. The first-order valence-electron chi connectivity index (χ1n) is 6.33. The van der Waals surface area contributed by atoms with Crippen molar-refractivity contribution in [2.75, 3.05) is 13.1 Å². The van der Waals surface area contributed by atoms with Crippen LogP contribution in [0.4, 0.5) is 4.79 Å². The Hall–Kier alpha value is -1.26. The van der Waals surface area contributed by atoms with Gasteiger partial charge in [-0.25, -0.2) is 4.79 Å².